The Balaban J connectivity index is 1.33. The maximum absolute atomic E-state index is 13.7. The molecule has 1 aliphatic rings. The summed E-state index contributed by atoms with van der Waals surface area (Å²) in [6.45, 7) is 0.386. The van der Waals surface area contributed by atoms with Crippen molar-refractivity contribution in [3.63, 3.8) is 0 Å². The van der Waals surface area contributed by atoms with Gasteiger partial charge in [-0.3, -0.25) is 14.4 Å². The van der Waals surface area contributed by atoms with E-state index >= 15 is 0 Å². The molecule has 4 aromatic rings. The highest BCUT2D eigenvalue weighted by Crippen LogP contribution is 2.22. The van der Waals surface area contributed by atoms with Crippen LogP contribution in [-0.2, 0) is 38.4 Å². The maximum Gasteiger partial charge on any atom is 0.326 e. The zero-order chi connectivity index (χ0) is 31.1. The first-order valence-electron chi connectivity index (χ1n) is 14.8. The summed E-state index contributed by atoms with van der Waals surface area (Å²) < 4.78 is 0. The minimum Gasteiger partial charge on any atom is -0.480 e. The number of carbonyl (C=O) groups excluding carboxylic acids is 3. The maximum atomic E-state index is 13.7. The third-order valence-corrected chi connectivity index (χ3v) is 8.08. The van der Waals surface area contributed by atoms with Gasteiger partial charge in [-0.25, -0.2) is 4.79 Å². The summed E-state index contributed by atoms with van der Waals surface area (Å²) in [5, 5.41) is 16.3. The Labute approximate surface area is 255 Å². The van der Waals surface area contributed by atoms with Crippen LogP contribution in [0, 0.1) is 0 Å². The van der Waals surface area contributed by atoms with Gasteiger partial charge in [0.2, 0.25) is 17.7 Å². The number of carboxylic acid groups (broad SMARTS) is 1. The first-order chi connectivity index (χ1) is 21.3. The molecule has 1 aliphatic heterocycles. The Morgan fingerprint density at radius 3 is 2.16 bits per heavy atom. The second kappa shape index (κ2) is 14.0. The largest absolute Gasteiger partial charge is 0.480 e. The van der Waals surface area contributed by atoms with Gasteiger partial charge in [0, 0.05) is 36.5 Å². The standard InChI is InChI=1S/C34H37N5O5/c35-26(18-22-10-3-1-4-11-22)33(42)39-17-9-16-30(39)32(41)37-28(20-24-21-36-27-15-8-7-14-25(24)27)31(40)38-29(34(43)44)19-23-12-5-2-6-13-23/h1-8,10-15,21,26,28-30,36H,9,16-20,35H2,(H,37,41)(H,38,40)(H,43,44). The normalized spacial score (nSPS) is 16.7. The molecule has 5 rings (SSSR count). The Morgan fingerprint density at radius 2 is 1.48 bits per heavy atom. The molecule has 2 heterocycles. The zero-order valence-electron chi connectivity index (χ0n) is 24.3. The number of nitrogens with one attached hydrogen (secondary N) is 3. The molecule has 3 aromatic carbocycles. The Morgan fingerprint density at radius 1 is 0.841 bits per heavy atom. The van der Waals surface area contributed by atoms with Crippen LogP contribution in [0.5, 0.6) is 0 Å². The summed E-state index contributed by atoms with van der Waals surface area (Å²) in [4.78, 5) is 57.6. The van der Waals surface area contributed by atoms with Gasteiger partial charge < -0.3 is 31.4 Å². The number of para-hydroxylation sites is 1. The molecule has 1 fully saturated rings. The molecule has 0 spiro atoms. The van der Waals surface area contributed by atoms with Crippen molar-refractivity contribution in [1.82, 2.24) is 20.5 Å². The van der Waals surface area contributed by atoms with E-state index in [0.29, 0.717) is 25.8 Å². The lowest BCUT2D eigenvalue weighted by Gasteiger charge is -2.29. The molecule has 4 unspecified atom stereocenters. The summed E-state index contributed by atoms with van der Waals surface area (Å²) in [7, 11) is 0. The van der Waals surface area contributed by atoms with E-state index in [0.717, 1.165) is 27.6 Å². The monoisotopic (exact) mass is 595 g/mol. The third-order valence-electron chi connectivity index (χ3n) is 8.08. The van der Waals surface area contributed by atoms with Crippen LogP contribution in [0.4, 0.5) is 0 Å². The number of nitrogens with two attached hydrogens (primary N) is 1. The van der Waals surface area contributed by atoms with Crippen LogP contribution in [-0.4, -0.2) is 69.4 Å². The molecule has 228 valence electrons. The van der Waals surface area contributed by atoms with Crippen molar-refractivity contribution in [2.75, 3.05) is 6.54 Å². The number of rotatable bonds is 12. The van der Waals surface area contributed by atoms with E-state index in [9.17, 15) is 24.3 Å². The fourth-order valence-electron chi connectivity index (χ4n) is 5.79. The van der Waals surface area contributed by atoms with Gasteiger partial charge in [0.25, 0.3) is 0 Å². The van der Waals surface area contributed by atoms with Gasteiger partial charge in [-0.15, -0.1) is 0 Å². The molecule has 0 saturated carbocycles. The third kappa shape index (κ3) is 7.33. The molecule has 1 aromatic heterocycles. The number of aromatic amines is 1. The molecular weight excluding hydrogens is 558 g/mol. The molecule has 10 heteroatoms. The Kier molecular flexibility index (Phi) is 9.71. The smallest absolute Gasteiger partial charge is 0.326 e. The number of hydrogen-bond acceptors (Lipinski definition) is 5. The van der Waals surface area contributed by atoms with Crippen LogP contribution in [0.3, 0.4) is 0 Å². The van der Waals surface area contributed by atoms with Crippen LogP contribution >= 0.6 is 0 Å². The molecule has 4 atom stereocenters. The zero-order valence-corrected chi connectivity index (χ0v) is 24.3. The predicted octanol–water partition coefficient (Wildman–Crippen LogP) is 2.57. The number of nitrogens with zero attached hydrogens (tertiary/aromatic N) is 1. The van der Waals surface area contributed by atoms with Gasteiger partial charge in [-0.05, 0) is 42.0 Å². The minimum absolute atomic E-state index is 0.0832. The van der Waals surface area contributed by atoms with Gasteiger partial charge in [-0.1, -0.05) is 78.9 Å². The second-order valence-electron chi connectivity index (χ2n) is 11.2. The van der Waals surface area contributed by atoms with Crippen molar-refractivity contribution in [1.29, 1.82) is 0 Å². The van der Waals surface area contributed by atoms with E-state index in [1.807, 2.05) is 60.7 Å². The van der Waals surface area contributed by atoms with Gasteiger partial charge in [0.15, 0.2) is 0 Å². The van der Waals surface area contributed by atoms with Crippen molar-refractivity contribution < 1.29 is 24.3 Å². The molecule has 1 saturated heterocycles. The summed E-state index contributed by atoms with van der Waals surface area (Å²) in [5.74, 6) is -2.60. The molecular formula is C34H37N5O5. The first kappa shape index (κ1) is 30.5. The number of carboxylic acids is 1. The highest BCUT2D eigenvalue weighted by atomic mass is 16.4. The number of aliphatic carboxylic acids is 1. The van der Waals surface area contributed by atoms with Gasteiger partial charge in [-0.2, -0.15) is 0 Å². The van der Waals surface area contributed by atoms with E-state index in [2.05, 4.69) is 15.6 Å². The number of fused-ring (bicyclic) bond motifs is 1. The van der Waals surface area contributed by atoms with E-state index in [4.69, 9.17) is 5.73 Å². The van der Waals surface area contributed by atoms with Crippen molar-refractivity contribution in [2.45, 2.75) is 56.3 Å². The number of hydrogen-bond donors (Lipinski definition) is 5. The fraction of sp³-hybridized carbons (Fsp3) is 0.294. The van der Waals surface area contributed by atoms with Crippen LogP contribution in [0.2, 0.25) is 0 Å². The first-order valence-corrected chi connectivity index (χ1v) is 14.8. The van der Waals surface area contributed by atoms with Gasteiger partial charge in [0.1, 0.15) is 18.1 Å². The quantitative estimate of drug-likeness (QED) is 0.169. The van der Waals surface area contributed by atoms with Crippen LogP contribution in [0.15, 0.2) is 91.1 Å². The average molecular weight is 596 g/mol. The second-order valence-corrected chi connectivity index (χ2v) is 11.2. The lowest BCUT2D eigenvalue weighted by molar-refractivity contribution is -0.143. The number of amides is 3. The highest BCUT2D eigenvalue weighted by Gasteiger charge is 2.38. The van der Waals surface area contributed by atoms with E-state index < -0.39 is 42.0 Å². The van der Waals surface area contributed by atoms with Crippen molar-refractivity contribution in [3.05, 3.63) is 108 Å². The Bertz CT molecular complexity index is 1610. The number of benzene rings is 3. The van der Waals surface area contributed by atoms with Crippen LogP contribution in [0.1, 0.15) is 29.5 Å². The van der Waals surface area contributed by atoms with E-state index in [-0.39, 0.29) is 18.7 Å². The number of carbonyl (C=O) groups is 4. The predicted molar refractivity (Wildman–Crippen MR) is 167 cm³/mol. The topological polar surface area (TPSA) is 158 Å². The fourth-order valence-corrected chi connectivity index (χ4v) is 5.79. The van der Waals surface area contributed by atoms with Crippen LogP contribution in [0.25, 0.3) is 10.9 Å². The summed E-state index contributed by atoms with van der Waals surface area (Å²) in [6.07, 6.45) is 3.38. The molecule has 0 bridgehead atoms. The van der Waals surface area contributed by atoms with E-state index in [1.54, 1.807) is 30.5 Å². The van der Waals surface area contributed by atoms with Crippen molar-refractivity contribution >= 4 is 34.6 Å². The minimum atomic E-state index is -1.20. The lowest BCUT2D eigenvalue weighted by Crippen LogP contribution is -2.57. The number of likely N-dealkylation sites (tertiary alicyclic amines) is 1. The highest BCUT2D eigenvalue weighted by molar-refractivity contribution is 5.95. The SMILES string of the molecule is NC(Cc1ccccc1)C(=O)N1CCCC1C(=O)NC(Cc1c[nH]c2ccccc12)C(=O)NC(Cc1ccccc1)C(=O)O. The molecule has 0 aliphatic carbocycles. The van der Waals surface area contributed by atoms with Crippen LogP contribution < -0.4 is 16.4 Å². The van der Waals surface area contributed by atoms with Crippen molar-refractivity contribution in [3.8, 4) is 0 Å². The molecule has 6 N–H and O–H groups in total. The molecule has 3 amide bonds. The molecule has 0 radical (unpaired) electrons. The average Bonchev–Trinajstić information content (AvgIpc) is 3.69. The summed E-state index contributed by atoms with van der Waals surface area (Å²) >= 11 is 0. The van der Waals surface area contributed by atoms with E-state index in [1.165, 1.54) is 4.90 Å². The lowest BCUT2D eigenvalue weighted by atomic mass is 10.0. The van der Waals surface area contributed by atoms with Crippen molar-refractivity contribution in [2.24, 2.45) is 5.73 Å². The summed E-state index contributed by atoms with van der Waals surface area (Å²) in [6, 6.07) is 22.2. The molecule has 10 nitrogen and oxygen atoms in total. The Hall–Kier alpha value is -4.96. The summed E-state index contributed by atoms with van der Waals surface area (Å²) in [5.41, 5.74) is 9.63. The van der Waals surface area contributed by atoms with Gasteiger partial charge >= 0.3 is 5.97 Å². The number of aromatic nitrogens is 1. The molecule has 44 heavy (non-hydrogen) atoms. The van der Waals surface area contributed by atoms with Gasteiger partial charge in [0.05, 0.1) is 6.04 Å². The number of H-pyrrole nitrogens is 1.